The maximum atomic E-state index is 5.56. The number of hydrogen-bond acceptors (Lipinski definition) is 2. The molecule has 0 fully saturated rings. The van der Waals surface area contributed by atoms with Gasteiger partial charge in [-0.25, -0.2) is 4.98 Å². The van der Waals surface area contributed by atoms with E-state index in [4.69, 9.17) is 4.42 Å². The highest BCUT2D eigenvalue weighted by Crippen LogP contribution is 2.21. The predicted octanol–water partition coefficient (Wildman–Crippen LogP) is 3.52. The summed E-state index contributed by atoms with van der Waals surface area (Å²) in [6.45, 7) is 6.05. The minimum atomic E-state index is 0.715. The third-order valence-electron chi connectivity index (χ3n) is 2.64. The number of aryl methyl sites for hydroxylation is 3. The number of rotatable bonds is 2. The molecule has 0 saturated carbocycles. The average molecular weight is 201 g/mol. The van der Waals surface area contributed by atoms with Gasteiger partial charge in [0.1, 0.15) is 5.76 Å². The van der Waals surface area contributed by atoms with E-state index in [0.717, 1.165) is 23.4 Å². The monoisotopic (exact) mass is 201 g/mol. The molecular weight excluding hydrogens is 186 g/mol. The second-order valence-corrected chi connectivity index (χ2v) is 3.71. The van der Waals surface area contributed by atoms with E-state index < -0.39 is 0 Å². The first-order valence-electron chi connectivity index (χ1n) is 5.24. The Kier molecular flexibility index (Phi) is 2.58. The lowest BCUT2D eigenvalue weighted by atomic mass is 10.1. The van der Waals surface area contributed by atoms with E-state index in [1.165, 1.54) is 5.56 Å². The highest BCUT2D eigenvalue weighted by molar-refractivity contribution is 5.54. The van der Waals surface area contributed by atoms with Gasteiger partial charge >= 0.3 is 0 Å². The molecule has 0 aliphatic carbocycles. The molecule has 78 valence electrons. The molecule has 0 aliphatic rings. The van der Waals surface area contributed by atoms with Crippen LogP contribution in [0.15, 0.2) is 28.7 Å². The van der Waals surface area contributed by atoms with Gasteiger partial charge in [-0.15, -0.1) is 0 Å². The fraction of sp³-hybridized carbons (Fsp3) is 0.308. The Labute approximate surface area is 90.0 Å². The molecule has 1 aromatic heterocycles. The summed E-state index contributed by atoms with van der Waals surface area (Å²) in [7, 11) is 0. The fourth-order valence-corrected chi connectivity index (χ4v) is 1.48. The Morgan fingerprint density at radius 2 is 1.80 bits per heavy atom. The SMILES string of the molecule is CCc1ccc(-c2nc(C)c(C)o2)cc1. The second kappa shape index (κ2) is 3.89. The predicted molar refractivity (Wildman–Crippen MR) is 60.8 cm³/mol. The van der Waals surface area contributed by atoms with Gasteiger partial charge in [-0.1, -0.05) is 19.1 Å². The van der Waals surface area contributed by atoms with Gasteiger partial charge in [-0.3, -0.25) is 0 Å². The molecule has 0 atom stereocenters. The van der Waals surface area contributed by atoms with Crippen LogP contribution in [0.5, 0.6) is 0 Å². The van der Waals surface area contributed by atoms with Crippen LogP contribution >= 0.6 is 0 Å². The Morgan fingerprint density at radius 3 is 2.27 bits per heavy atom. The number of aromatic nitrogens is 1. The molecule has 15 heavy (non-hydrogen) atoms. The van der Waals surface area contributed by atoms with E-state index in [2.05, 4.69) is 36.2 Å². The zero-order valence-corrected chi connectivity index (χ0v) is 9.37. The Balaban J connectivity index is 2.37. The summed E-state index contributed by atoms with van der Waals surface area (Å²) in [6.07, 6.45) is 1.06. The first-order valence-corrected chi connectivity index (χ1v) is 5.24. The standard InChI is InChI=1S/C13H15NO/c1-4-11-5-7-12(8-6-11)13-14-9(2)10(3)15-13/h5-8H,4H2,1-3H3. The van der Waals surface area contributed by atoms with Gasteiger partial charge in [0.05, 0.1) is 5.69 Å². The van der Waals surface area contributed by atoms with E-state index in [9.17, 15) is 0 Å². The van der Waals surface area contributed by atoms with Gasteiger partial charge in [0.15, 0.2) is 0 Å². The molecule has 2 heteroatoms. The van der Waals surface area contributed by atoms with Gasteiger partial charge < -0.3 is 4.42 Å². The third kappa shape index (κ3) is 1.94. The maximum Gasteiger partial charge on any atom is 0.226 e. The topological polar surface area (TPSA) is 26.0 Å². The van der Waals surface area contributed by atoms with Crippen LogP contribution in [0.2, 0.25) is 0 Å². The van der Waals surface area contributed by atoms with Crippen LogP contribution in [0.25, 0.3) is 11.5 Å². The molecule has 1 heterocycles. The van der Waals surface area contributed by atoms with Crippen LogP contribution in [-0.4, -0.2) is 4.98 Å². The lowest BCUT2D eigenvalue weighted by Crippen LogP contribution is -1.81. The minimum Gasteiger partial charge on any atom is -0.441 e. The van der Waals surface area contributed by atoms with Gasteiger partial charge in [0.2, 0.25) is 5.89 Å². The molecule has 0 spiro atoms. The highest BCUT2D eigenvalue weighted by Gasteiger charge is 2.07. The Bertz CT molecular complexity index is 434. The Hall–Kier alpha value is -1.57. The minimum absolute atomic E-state index is 0.715. The molecular formula is C13H15NO. The largest absolute Gasteiger partial charge is 0.441 e. The van der Waals surface area contributed by atoms with Crippen molar-refractivity contribution in [3.63, 3.8) is 0 Å². The molecule has 0 aliphatic heterocycles. The first-order chi connectivity index (χ1) is 7.20. The van der Waals surface area contributed by atoms with Crippen molar-refractivity contribution < 1.29 is 4.42 Å². The van der Waals surface area contributed by atoms with Gasteiger partial charge in [0, 0.05) is 5.56 Å². The zero-order chi connectivity index (χ0) is 10.8. The molecule has 1 aromatic carbocycles. The van der Waals surface area contributed by atoms with E-state index in [-0.39, 0.29) is 0 Å². The third-order valence-corrected chi connectivity index (χ3v) is 2.64. The van der Waals surface area contributed by atoms with E-state index in [0.29, 0.717) is 5.89 Å². The molecule has 0 amide bonds. The number of nitrogens with zero attached hydrogens (tertiary/aromatic N) is 1. The quantitative estimate of drug-likeness (QED) is 0.743. The highest BCUT2D eigenvalue weighted by atomic mass is 16.4. The lowest BCUT2D eigenvalue weighted by Gasteiger charge is -1.97. The smallest absolute Gasteiger partial charge is 0.226 e. The summed E-state index contributed by atoms with van der Waals surface area (Å²) in [5, 5.41) is 0. The molecule has 0 saturated heterocycles. The van der Waals surface area contributed by atoms with Crippen molar-refractivity contribution in [1.29, 1.82) is 0 Å². The van der Waals surface area contributed by atoms with E-state index >= 15 is 0 Å². The van der Waals surface area contributed by atoms with Gasteiger partial charge in [-0.2, -0.15) is 0 Å². The van der Waals surface area contributed by atoms with Crippen molar-refractivity contribution in [2.75, 3.05) is 0 Å². The van der Waals surface area contributed by atoms with Crippen molar-refractivity contribution >= 4 is 0 Å². The van der Waals surface area contributed by atoms with Crippen molar-refractivity contribution in [3.8, 4) is 11.5 Å². The van der Waals surface area contributed by atoms with Crippen LogP contribution in [0.1, 0.15) is 23.9 Å². The molecule has 2 rings (SSSR count). The maximum absolute atomic E-state index is 5.56. The van der Waals surface area contributed by atoms with Crippen molar-refractivity contribution in [2.45, 2.75) is 27.2 Å². The summed E-state index contributed by atoms with van der Waals surface area (Å²) >= 11 is 0. The van der Waals surface area contributed by atoms with Crippen LogP contribution in [0, 0.1) is 13.8 Å². The van der Waals surface area contributed by atoms with Gasteiger partial charge in [0.25, 0.3) is 0 Å². The number of oxazole rings is 1. The first kappa shape index (κ1) is 9.97. The van der Waals surface area contributed by atoms with Crippen LogP contribution in [0.3, 0.4) is 0 Å². The number of benzene rings is 1. The summed E-state index contributed by atoms with van der Waals surface area (Å²) in [5.74, 6) is 1.61. The zero-order valence-electron chi connectivity index (χ0n) is 9.37. The lowest BCUT2D eigenvalue weighted by molar-refractivity contribution is 0.541. The molecule has 2 aromatic rings. The normalized spacial score (nSPS) is 10.6. The second-order valence-electron chi connectivity index (χ2n) is 3.71. The van der Waals surface area contributed by atoms with Crippen molar-refractivity contribution in [3.05, 3.63) is 41.3 Å². The molecule has 0 N–H and O–H groups in total. The van der Waals surface area contributed by atoms with Gasteiger partial charge in [-0.05, 0) is 38.0 Å². The van der Waals surface area contributed by atoms with E-state index in [1.807, 2.05) is 13.8 Å². The summed E-state index contributed by atoms with van der Waals surface area (Å²) in [6, 6.07) is 8.35. The van der Waals surface area contributed by atoms with E-state index in [1.54, 1.807) is 0 Å². The molecule has 0 bridgehead atoms. The fourth-order valence-electron chi connectivity index (χ4n) is 1.48. The molecule has 0 radical (unpaired) electrons. The molecule has 0 unspecified atom stereocenters. The average Bonchev–Trinajstić information content (AvgIpc) is 2.59. The summed E-state index contributed by atoms with van der Waals surface area (Å²) in [5.41, 5.74) is 3.34. The Morgan fingerprint density at radius 1 is 1.13 bits per heavy atom. The summed E-state index contributed by atoms with van der Waals surface area (Å²) < 4.78 is 5.56. The van der Waals surface area contributed by atoms with Crippen LogP contribution in [0.4, 0.5) is 0 Å². The molecule has 2 nitrogen and oxygen atoms in total. The van der Waals surface area contributed by atoms with Crippen molar-refractivity contribution in [2.24, 2.45) is 0 Å². The van der Waals surface area contributed by atoms with Crippen LogP contribution in [-0.2, 0) is 6.42 Å². The van der Waals surface area contributed by atoms with Crippen molar-refractivity contribution in [1.82, 2.24) is 4.98 Å². The number of hydrogen-bond donors (Lipinski definition) is 0. The summed E-state index contributed by atoms with van der Waals surface area (Å²) in [4.78, 5) is 4.37. The van der Waals surface area contributed by atoms with Crippen LogP contribution < -0.4 is 0 Å².